The normalized spacial score (nSPS) is 12.0. The predicted octanol–water partition coefficient (Wildman–Crippen LogP) is 3.29. The van der Waals surface area contributed by atoms with Crippen LogP contribution in [0.15, 0.2) is 17.0 Å². The van der Waals surface area contributed by atoms with Crippen LogP contribution in [0.5, 0.6) is 0 Å². The zero-order chi connectivity index (χ0) is 14.6. The van der Waals surface area contributed by atoms with Gasteiger partial charge in [-0.15, -0.1) is 11.8 Å². The fraction of sp³-hybridized carbons (Fsp3) is 0.364. The molecule has 1 unspecified atom stereocenters. The number of methoxy groups -OCH3 is 1. The number of carbonyl (C=O) groups excluding carboxylic acids is 1. The van der Waals surface area contributed by atoms with E-state index in [-0.39, 0.29) is 21.4 Å². The fourth-order valence-corrected chi connectivity index (χ4v) is 2.45. The van der Waals surface area contributed by atoms with Crippen molar-refractivity contribution in [1.82, 2.24) is 0 Å². The van der Waals surface area contributed by atoms with Crippen LogP contribution in [0.3, 0.4) is 0 Å². The van der Waals surface area contributed by atoms with E-state index in [9.17, 15) is 19.3 Å². The molecule has 0 amide bonds. The van der Waals surface area contributed by atoms with Gasteiger partial charge in [-0.1, -0.05) is 18.5 Å². The van der Waals surface area contributed by atoms with Crippen molar-refractivity contribution >= 4 is 35.0 Å². The molecule has 0 aliphatic carbocycles. The van der Waals surface area contributed by atoms with Crippen LogP contribution in [-0.4, -0.2) is 23.8 Å². The first-order chi connectivity index (χ1) is 8.86. The van der Waals surface area contributed by atoms with Gasteiger partial charge in [0.15, 0.2) is 0 Å². The maximum Gasteiger partial charge on any atom is 0.309 e. The first-order valence-electron chi connectivity index (χ1n) is 5.20. The molecule has 0 aromatic heterocycles. The third-order valence-corrected chi connectivity index (χ3v) is 3.89. The Kier molecular flexibility index (Phi) is 5.56. The van der Waals surface area contributed by atoms with Crippen molar-refractivity contribution in [2.75, 3.05) is 12.9 Å². The van der Waals surface area contributed by atoms with Gasteiger partial charge in [0.25, 0.3) is 5.69 Å². The van der Waals surface area contributed by atoms with Crippen molar-refractivity contribution in [3.05, 3.63) is 33.1 Å². The topological polar surface area (TPSA) is 69.4 Å². The number of ether oxygens (including phenoxy) is 1. The van der Waals surface area contributed by atoms with Crippen LogP contribution in [0, 0.1) is 21.8 Å². The van der Waals surface area contributed by atoms with Crippen LogP contribution in [0.2, 0.25) is 5.02 Å². The molecule has 104 valence electrons. The van der Waals surface area contributed by atoms with E-state index in [1.165, 1.54) is 7.11 Å². The van der Waals surface area contributed by atoms with E-state index in [4.69, 9.17) is 11.6 Å². The van der Waals surface area contributed by atoms with Crippen LogP contribution in [-0.2, 0) is 9.53 Å². The maximum absolute atomic E-state index is 13.3. The van der Waals surface area contributed by atoms with Gasteiger partial charge in [-0.25, -0.2) is 4.39 Å². The van der Waals surface area contributed by atoms with Gasteiger partial charge in [0.2, 0.25) is 0 Å². The number of hydrogen-bond acceptors (Lipinski definition) is 5. The molecule has 0 aliphatic heterocycles. The highest BCUT2D eigenvalue weighted by molar-refractivity contribution is 7.99. The Hall–Kier alpha value is -1.34. The number of halogens is 2. The molecule has 5 nitrogen and oxygen atoms in total. The van der Waals surface area contributed by atoms with Crippen LogP contribution in [0.4, 0.5) is 10.1 Å². The number of benzene rings is 1. The number of rotatable bonds is 5. The van der Waals surface area contributed by atoms with Crippen molar-refractivity contribution < 1.29 is 18.8 Å². The predicted molar refractivity (Wildman–Crippen MR) is 70.0 cm³/mol. The lowest BCUT2D eigenvalue weighted by atomic mass is 10.2. The number of nitro benzene ring substituents is 1. The molecule has 0 aliphatic rings. The lowest BCUT2D eigenvalue weighted by Crippen LogP contribution is -2.14. The van der Waals surface area contributed by atoms with E-state index in [1.807, 2.05) is 0 Å². The summed E-state index contributed by atoms with van der Waals surface area (Å²) >= 11 is 6.51. The van der Waals surface area contributed by atoms with Crippen molar-refractivity contribution in [2.45, 2.75) is 11.8 Å². The Morgan fingerprint density at radius 2 is 2.26 bits per heavy atom. The lowest BCUT2D eigenvalue weighted by Gasteiger charge is -2.09. The molecule has 1 atom stereocenters. The zero-order valence-corrected chi connectivity index (χ0v) is 11.8. The summed E-state index contributed by atoms with van der Waals surface area (Å²) in [5, 5.41) is 10.5. The third kappa shape index (κ3) is 4.07. The molecule has 0 bridgehead atoms. The second-order valence-electron chi connectivity index (χ2n) is 3.73. The quantitative estimate of drug-likeness (QED) is 0.361. The summed E-state index contributed by atoms with van der Waals surface area (Å²) < 4.78 is 17.9. The molecule has 1 aromatic carbocycles. The summed E-state index contributed by atoms with van der Waals surface area (Å²) in [6.07, 6.45) is 0. The van der Waals surface area contributed by atoms with Crippen LogP contribution in [0.25, 0.3) is 0 Å². The summed E-state index contributed by atoms with van der Waals surface area (Å²) in [4.78, 5) is 21.5. The number of esters is 1. The molecule has 0 spiro atoms. The summed E-state index contributed by atoms with van der Waals surface area (Å²) in [6, 6.07) is 1.96. The van der Waals surface area contributed by atoms with Gasteiger partial charge < -0.3 is 4.74 Å². The summed E-state index contributed by atoms with van der Waals surface area (Å²) in [5.41, 5.74) is -0.284. The molecule has 0 heterocycles. The van der Waals surface area contributed by atoms with Gasteiger partial charge in [-0.3, -0.25) is 14.9 Å². The number of hydrogen-bond donors (Lipinski definition) is 0. The second kappa shape index (κ2) is 6.72. The van der Waals surface area contributed by atoms with E-state index < -0.39 is 22.6 Å². The van der Waals surface area contributed by atoms with Gasteiger partial charge >= 0.3 is 5.97 Å². The molecule has 0 N–H and O–H groups in total. The minimum atomic E-state index is -0.736. The SMILES string of the molecule is COC(=O)C(C)CSc1cc(F)c(Cl)cc1[N+](=O)[O-]. The average Bonchev–Trinajstić information content (AvgIpc) is 2.37. The molecule has 0 saturated carbocycles. The number of nitro groups is 1. The van der Waals surface area contributed by atoms with Gasteiger partial charge in [-0.05, 0) is 6.07 Å². The first-order valence-corrected chi connectivity index (χ1v) is 6.57. The minimum Gasteiger partial charge on any atom is -0.469 e. The first kappa shape index (κ1) is 15.7. The highest BCUT2D eigenvalue weighted by atomic mass is 35.5. The van der Waals surface area contributed by atoms with Crippen molar-refractivity contribution in [3.63, 3.8) is 0 Å². The van der Waals surface area contributed by atoms with Crippen LogP contribution in [0.1, 0.15) is 6.92 Å². The molecule has 8 heteroatoms. The van der Waals surface area contributed by atoms with Gasteiger partial charge in [0, 0.05) is 11.8 Å². The van der Waals surface area contributed by atoms with E-state index >= 15 is 0 Å². The van der Waals surface area contributed by atoms with E-state index in [0.717, 1.165) is 23.9 Å². The van der Waals surface area contributed by atoms with Gasteiger partial charge in [0.1, 0.15) is 5.82 Å². The number of carbonyl (C=O) groups is 1. The largest absolute Gasteiger partial charge is 0.469 e. The zero-order valence-electron chi connectivity index (χ0n) is 10.2. The fourth-order valence-electron chi connectivity index (χ4n) is 1.26. The third-order valence-electron chi connectivity index (χ3n) is 2.29. The number of thioether (sulfide) groups is 1. The minimum absolute atomic E-state index is 0.127. The number of nitrogens with zero attached hydrogens (tertiary/aromatic N) is 1. The van der Waals surface area contributed by atoms with Gasteiger partial charge in [-0.2, -0.15) is 0 Å². The standard InChI is InChI=1S/C11H11ClFNO4S/c1-6(11(15)18-2)5-19-10-4-8(13)7(12)3-9(10)14(16)17/h3-4,6H,5H2,1-2H3. The Morgan fingerprint density at radius 1 is 1.63 bits per heavy atom. The van der Waals surface area contributed by atoms with Crippen molar-refractivity contribution in [1.29, 1.82) is 0 Å². The average molecular weight is 308 g/mol. The van der Waals surface area contributed by atoms with Crippen molar-refractivity contribution in [2.24, 2.45) is 5.92 Å². The van der Waals surface area contributed by atoms with Gasteiger partial charge in [0.05, 0.1) is 27.9 Å². The Balaban J connectivity index is 2.91. The molecular formula is C11H11ClFNO4S. The van der Waals surface area contributed by atoms with Crippen molar-refractivity contribution in [3.8, 4) is 0 Å². The molecule has 0 radical (unpaired) electrons. The molecule has 0 saturated heterocycles. The smallest absolute Gasteiger partial charge is 0.309 e. The molecular weight excluding hydrogens is 297 g/mol. The summed E-state index contributed by atoms with van der Waals surface area (Å²) in [6.45, 7) is 1.62. The van der Waals surface area contributed by atoms with Crippen LogP contribution < -0.4 is 0 Å². The van der Waals surface area contributed by atoms with E-state index in [2.05, 4.69) is 4.74 Å². The summed E-state index contributed by atoms with van der Waals surface area (Å²) in [7, 11) is 1.26. The second-order valence-corrected chi connectivity index (χ2v) is 5.20. The Labute approximate surface area is 118 Å². The summed E-state index contributed by atoms with van der Waals surface area (Å²) in [5.74, 6) is -1.37. The molecule has 19 heavy (non-hydrogen) atoms. The lowest BCUT2D eigenvalue weighted by molar-refractivity contribution is -0.387. The molecule has 1 rings (SSSR count). The highest BCUT2D eigenvalue weighted by Gasteiger charge is 2.20. The monoisotopic (exact) mass is 307 g/mol. The Bertz CT molecular complexity index is 512. The van der Waals surface area contributed by atoms with E-state index in [0.29, 0.717) is 0 Å². The maximum atomic E-state index is 13.3. The Morgan fingerprint density at radius 3 is 2.79 bits per heavy atom. The highest BCUT2D eigenvalue weighted by Crippen LogP contribution is 2.34. The molecule has 0 fully saturated rings. The molecule has 1 aromatic rings. The van der Waals surface area contributed by atoms with E-state index in [1.54, 1.807) is 6.92 Å². The van der Waals surface area contributed by atoms with Crippen LogP contribution >= 0.6 is 23.4 Å².